The van der Waals surface area contributed by atoms with E-state index in [1.165, 1.54) is 0 Å². The SMILES string of the molecule is CCOc1ccc([C@@H](C)NC(=O)c2ccccc2C)cc1. The maximum Gasteiger partial charge on any atom is 0.252 e. The first kappa shape index (κ1) is 15.1. The molecule has 1 atom stereocenters. The van der Waals surface area contributed by atoms with Crippen LogP contribution in [0.5, 0.6) is 5.75 Å². The predicted molar refractivity (Wildman–Crippen MR) is 84.7 cm³/mol. The number of carbonyl (C=O) groups is 1. The van der Waals surface area contributed by atoms with Gasteiger partial charge in [0.25, 0.3) is 5.91 Å². The molecule has 2 aromatic rings. The molecule has 3 heteroatoms. The molecule has 0 heterocycles. The Hall–Kier alpha value is -2.29. The standard InChI is InChI=1S/C18H21NO2/c1-4-21-16-11-9-15(10-12-16)14(3)19-18(20)17-8-6-5-7-13(17)2/h5-12,14H,4H2,1-3H3,(H,19,20)/t14-/m1/s1. The van der Waals surface area contributed by atoms with Crippen molar-refractivity contribution >= 4 is 5.91 Å². The summed E-state index contributed by atoms with van der Waals surface area (Å²) in [6.45, 7) is 6.53. The van der Waals surface area contributed by atoms with Gasteiger partial charge in [-0.25, -0.2) is 0 Å². The number of hydrogen-bond acceptors (Lipinski definition) is 2. The van der Waals surface area contributed by atoms with Crippen molar-refractivity contribution in [3.8, 4) is 5.75 Å². The molecule has 0 unspecified atom stereocenters. The number of aryl methyl sites for hydroxylation is 1. The van der Waals surface area contributed by atoms with Crippen LogP contribution in [0.2, 0.25) is 0 Å². The lowest BCUT2D eigenvalue weighted by molar-refractivity contribution is 0.0939. The second-order valence-corrected chi connectivity index (χ2v) is 5.01. The van der Waals surface area contributed by atoms with Gasteiger partial charge in [0, 0.05) is 5.56 Å². The number of carbonyl (C=O) groups excluding carboxylic acids is 1. The van der Waals surface area contributed by atoms with E-state index in [0.717, 1.165) is 22.4 Å². The van der Waals surface area contributed by atoms with Gasteiger partial charge in [-0.15, -0.1) is 0 Å². The van der Waals surface area contributed by atoms with Crippen LogP contribution in [0.4, 0.5) is 0 Å². The van der Waals surface area contributed by atoms with Crippen molar-refractivity contribution < 1.29 is 9.53 Å². The van der Waals surface area contributed by atoms with Gasteiger partial charge in [0.2, 0.25) is 0 Å². The van der Waals surface area contributed by atoms with E-state index in [0.29, 0.717) is 6.61 Å². The Kier molecular flexibility index (Phi) is 4.99. The molecule has 0 saturated carbocycles. The predicted octanol–water partition coefficient (Wildman–Crippen LogP) is 3.88. The van der Waals surface area contributed by atoms with E-state index in [1.807, 2.05) is 69.3 Å². The van der Waals surface area contributed by atoms with Gasteiger partial charge in [-0.05, 0) is 50.1 Å². The summed E-state index contributed by atoms with van der Waals surface area (Å²) >= 11 is 0. The average molecular weight is 283 g/mol. The highest BCUT2D eigenvalue weighted by molar-refractivity contribution is 5.95. The summed E-state index contributed by atoms with van der Waals surface area (Å²) in [5.74, 6) is 0.799. The largest absolute Gasteiger partial charge is 0.494 e. The fourth-order valence-corrected chi connectivity index (χ4v) is 2.20. The third-order valence-electron chi connectivity index (χ3n) is 3.43. The van der Waals surface area contributed by atoms with E-state index in [9.17, 15) is 4.79 Å². The number of rotatable bonds is 5. The number of amides is 1. The van der Waals surface area contributed by atoms with Crippen LogP contribution in [0.1, 0.15) is 41.4 Å². The zero-order chi connectivity index (χ0) is 15.2. The number of benzene rings is 2. The van der Waals surface area contributed by atoms with E-state index in [1.54, 1.807) is 0 Å². The minimum atomic E-state index is -0.0483. The van der Waals surface area contributed by atoms with Crippen LogP contribution >= 0.6 is 0 Å². The molecule has 0 aliphatic carbocycles. The van der Waals surface area contributed by atoms with Crippen molar-refractivity contribution in [1.82, 2.24) is 5.32 Å². The first-order chi connectivity index (χ1) is 10.1. The molecule has 0 bridgehead atoms. The maximum atomic E-state index is 12.3. The summed E-state index contributed by atoms with van der Waals surface area (Å²) in [4.78, 5) is 12.3. The van der Waals surface area contributed by atoms with Crippen LogP contribution in [0.15, 0.2) is 48.5 Å². The molecule has 3 nitrogen and oxygen atoms in total. The quantitative estimate of drug-likeness (QED) is 0.904. The zero-order valence-electron chi connectivity index (χ0n) is 12.7. The van der Waals surface area contributed by atoms with E-state index < -0.39 is 0 Å². The second kappa shape index (κ2) is 6.93. The Morgan fingerprint density at radius 2 is 1.81 bits per heavy atom. The molecule has 2 rings (SSSR count). The summed E-state index contributed by atoms with van der Waals surface area (Å²) in [5.41, 5.74) is 2.75. The monoisotopic (exact) mass is 283 g/mol. The molecule has 0 saturated heterocycles. The van der Waals surface area contributed by atoms with Crippen LogP contribution in [0.25, 0.3) is 0 Å². The normalized spacial score (nSPS) is 11.8. The lowest BCUT2D eigenvalue weighted by Crippen LogP contribution is -2.27. The molecular formula is C18H21NO2. The van der Waals surface area contributed by atoms with Crippen LogP contribution in [0.3, 0.4) is 0 Å². The van der Waals surface area contributed by atoms with Crippen LogP contribution in [-0.2, 0) is 0 Å². The molecular weight excluding hydrogens is 262 g/mol. The molecule has 0 fully saturated rings. The number of nitrogens with one attached hydrogen (secondary N) is 1. The van der Waals surface area contributed by atoms with E-state index in [4.69, 9.17) is 4.74 Å². The highest BCUT2D eigenvalue weighted by Gasteiger charge is 2.12. The van der Waals surface area contributed by atoms with Gasteiger partial charge in [0.1, 0.15) is 5.75 Å². The van der Waals surface area contributed by atoms with Crippen molar-refractivity contribution in [3.05, 3.63) is 65.2 Å². The molecule has 110 valence electrons. The summed E-state index contributed by atoms with van der Waals surface area (Å²) < 4.78 is 5.42. The van der Waals surface area contributed by atoms with Crippen LogP contribution in [0, 0.1) is 6.92 Å². The number of ether oxygens (including phenoxy) is 1. The molecule has 1 N–H and O–H groups in total. The average Bonchev–Trinajstić information content (AvgIpc) is 2.48. The van der Waals surface area contributed by atoms with Crippen molar-refractivity contribution in [2.45, 2.75) is 26.8 Å². The molecule has 0 aliphatic heterocycles. The Morgan fingerprint density at radius 3 is 2.43 bits per heavy atom. The third-order valence-corrected chi connectivity index (χ3v) is 3.43. The van der Waals surface area contributed by atoms with Crippen molar-refractivity contribution in [2.75, 3.05) is 6.61 Å². The highest BCUT2D eigenvalue weighted by Crippen LogP contribution is 2.18. The van der Waals surface area contributed by atoms with Crippen molar-refractivity contribution in [1.29, 1.82) is 0 Å². The Balaban J connectivity index is 2.05. The first-order valence-electron chi connectivity index (χ1n) is 7.21. The van der Waals surface area contributed by atoms with E-state index >= 15 is 0 Å². The topological polar surface area (TPSA) is 38.3 Å². The number of hydrogen-bond donors (Lipinski definition) is 1. The van der Waals surface area contributed by atoms with Crippen molar-refractivity contribution in [2.24, 2.45) is 0 Å². The second-order valence-electron chi connectivity index (χ2n) is 5.01. The van der Waals surface area contributed by atoms with E-state index in [-0.39, 0.29) is 11.9 Å². The minimum absolute atomic E-state index is 0.0468. The van der Waals surface area contributed by atoms with Crippen LogP contribution in [-0.4, -0.2) is 12.5 Å². The summed E-state index contributed by atoms with van der Waals surface area (Å²) in [5, 5.41) is 3.03. The maximum absolute atomic E-state index is 12.3. The summed E-state index contributed by atoms with van der Waals surface area (Å²) in [7, 11) is 0. The molecule has 1 amide bonds. The molecule has 0 aliphatic rings. The summed E-state index contributed by atoms with van der Waals surface area (Å²) in [6, 6.07) is 15.4. The van der Waals surface area contributed by atoms with Crippen LogP contribution < -0.4 is 10.1 Å². The zero-order valence-corrected chi connectivity index (χ0v) is 12.7. The van der Waals surface area contributed by atoms with E-state index in [2.05, 4.69) is 5.32 Å². The smallest absolute Gasteiger partial charge is 0.252 e. The van der Waals surface area contributed by atoms with Gasteiger partial charge in [-0.2, -0.15) is 0 Å². The fourth-order valence-electron chi connectivity index (χ4n) is 2.20. The first-order valence-corrected chi connectivity index (χ1v) is 7.21. The molecule has 21 heavy (non-hydrogen) atoms. The lowest BCUT2D eigenvalue weighted by atomic mass is 10.1. The molecule has 0 aromatic heterocycles. The fraction of sp³-hybridized carbons (Fsp3) is 0.278. The van der Waals surface area contributed by atoms with Gasteiger partial charge in [-0.3, -0.25) is 4.79 Å². The van der Waals surface area contributed by atoms with Crippen molar-refractivity contribution in [3.63, 3.8) is 0 Å². The molecule has 2 aromatic carbocycles. The Labute approximate surface area is 126 Å². The van der Waals surface area contributed by atoms with Gasteiger partial charge in [0.15, 0.2) is 0 Å². The Bertz CT molecular complexity index is 605. The van der Waals surface area contributed by atoms with Gasteiger partial charge in [0.05, 0.1) is 12.6 Å². The molecule has 0 radical (unpaired) electrons. The van der Waals surface area contributed by atoms with Gasteiger partial charge >= 0.3 is 0 Å². The third kappa shape index (κ3) is 3.85. The van der Waals surface area contributed by atoms with Gasteiger partial charge in [-0.1, -0.05) is 30.3 Å². The Morgan fingerprint density at radius 1 is 1.14 bits per heavy atom. The summed E-state index contributed by atoms with van der Waals surface area (Å²) in [6.07, 6.45) is 0. The highest BCUT2D eigenvalue weighted by atomic mass is 16.5. The molecule has 0 spiro atoms. The lowest BCUT2D eigenvalue weighted by Gasteiger charge is -2.16. The minimum Gasteiger partial charge on any atom is -0.494 e. The van der Waals surface area contributed by atoms with Gasteiger partial charge < -0.3 is 10.1 Å².